The third-order valence-electron chi connectivity index (χ3n) is 3.03. The Hall–Kier alpha value is -0.730. The Morgan fingerprint density at radius 3 is 2.50 bits per heavy atom. The van der Waals surface area contributed by atoms with Crippen molar-refractivity contribution >= 4 is 6.09 Å². The fourth-order valence-corrected chi connectivity index (χ4v) is 1.53. The molecule has 0 bridgehead atoms. The molecule has 0 saturated carbocycles. The summed E-state index contributed by atoms with van der Waals surface area (Å²) in [4.78, 5) is 13.4. The van der Waals surface area contributed by atoms with Crippen molar-refractivity contribution in [3.63, 3.8) is 0 Å². The summed E-state index contributed by atoms with van der Waals surface area (Å²) in [5, 5.41) is 0. The van der Waals surface area contributed by atoms with Gasteiger partial charge in [-0.25, -0.2) is 4.79 Å². The summed E-state index contributed by atoms with van der Waals surface area (Å²) < 4.78 is 5.20. The third-order valence-corrected chi connectivity index (χ3v) is 3.03. The van der Waals surface area contributed by atoms with E-state index in [9.17, 15) is 4.79 Å². The molecule has 0 aliphatic carbocycles. The van der Waals surface area contributed by atoms with E-state index in [2.05, 4.69) is 27.7 Å². The van der Waals surface area contributed by atoms with E-state index >= 15 is 0 Å². The molecule has 1 amide bonds. The number of carbonyl (C=O) groups excluding carboxylic acids is 1. The first kappa shape index (κ1) is 11.3. The second-order valence-electron chi connectivity index (χ2n) is 5.22. The minimum absolute atomic E-state index is 0.0749. The Morgan fingerprint density at radius 1 is 1.50 bits per heavy atom. The van der Waals surface area contributed by atoms with Crippen molar-refractivity contribution in [3.05, 3.63) is 0 Å². The highest BCUT2D eigenvalue weighted by atomic mass is 16.6. The average molecular weight is 199 g/mol. The van der Waals surface area contributed by atoms with E-state index in [1.165, 1.54) is 0 Å². The van der Waals surface area contributed by atoms with Gasteiger partial charge >= 0.3 is 6.09 Å². The zero-order valence-corrected chi connectivity index (χ0v) is 9.83. The summed E-state index contributed by atoms with van der Waals surface area (Å²) in [7, 11) is 0. The van der Waals surface area contributed by atoms with Crippen molar-refractivity contribution < 1.29 is 9.53 Å². The highest BCUT2D eigenvalue weighted by Crippen LogP contribution is 2.26. The van der Waals surface area contributed by atoms with Crippen LogP contribution in [0.25, 0.3) is 0 Å². The van der Waals surface area contributed by atoms with Crippen LogP contribution in [0.3, 0.4) is 0 Å². The molecule has 3 nitrogen and oxygen atoms in total. The van der Waals surface area contributed by atoms with Gasteiger partial charge in [0.1, 0.15) is 6.10 Å². The molecule has 3 heteroatoms. The fourth-order valence-electron chi connectivity index (χ4n) is 1.53. The van der Waals surface area contributed by atoms with Crippen LogP contribution < -0.4 is 0 Å². The molecule has 14 heavy (non-hydrogen) atoms. The Kier molecular flexibility index (Phi) is 3.07. The van der Waals surface area contributed by atoms with Gasteiger partial charge in [0, 0.05) is 19.0 Å². The van der Waals surface area contributed by atoms with Crippen molar-refractivity contribution in [3.8, 4) is 0 Å². The van der Waals surface area contributed by atoms with Crippen LogP contribution in [0, 0.1) is 5.41 Å². The molecule has 1 saturated heterocycles. The molecule has 0 aromatic heterocycles. The van der Waals surface area contributed by atoms with Gasteiger partial charge < -0.3 is 9.64 Å². The maximum Gasteiger partial charge on any atom is 0.410 e. The lowest BCUT2D eigenvalue weighted by atomic mass is 9.87. The monoisotopic (exact) mass is 199 g/mol. The molecule has 0 radical (unpaired) electrons. The van der Waals surface area contributed by atoms with Gasteiger partial charge in [0.15, 0.2) is 0 Å². The Bertz CT molecular complexity index is 220. The van der Waals surface area contributed by atoms with Gasteiger partial charge in [-0.15, -0.1) is 0 Å². The molecule has 1 rings (SSSR count). The molecule has 1 heterocycles. The predicted molar refractivity (Wildman–Crippen MR) is 56.2 cm³/mol. The molecule has 0 aromatic rings. The first-order chi connectivity index (χ1) is 6.32. The van der Waals surface area contributed by atoms with Gasteiger partial charge in [-0.05, 0) is 19.3 Å². The highest BCUT2D eigenvalue weighted by Gasteiger charge is 2.33. The van der Waals surface area contributed by atoms with Crippen LogP contribution in [0.4, 0.5) is 4.79 Å². The van der Waals surface area contributed by atoms with Crippen molar-refractivity contribution in [1.29, 1.82) is 0 Å². The van der Waals surface area contributed by atoms with Crippen LogP contribution in [0.15, 0.2) is 0 Å². The molecule has 1 aliphatic heterocycles. The smallest absolute Gasteiger partial charge is 0.410 e. The van der Waals surface area contributed by atoms with E-state index in [4.69, 9.17) is 4.74 Å². The maximum atomic E-state index is 11.6. The van der Waals surface area contributed by atoms with E-state index in [1.54, 1.807) is 0 Å². The van der Waals surface area contributed by atoms with E-state index in [-0.39, 0.29) is 23.7 Å². The molecule has 2 atom stereocenters. The molecule has 2 unspecified atom stereocenters. The van der Waals surface area contributed by atoms with Gasteiger partial charge in [0.05, 0.1) is 0 Å². The summed E-state index contributed by atoms with van der Waals surface area (Å²) in [5.74, 6) is 0. The van der Waals surface area contributed by atoms with Gasteiger partial charge in [0.2, 0.25) is 0 Å². The molecular weight excluding hydrogens is 178 g/mol. The van der Waals surface area contributed by atoms with Gasteiger partial charge in [-0.1, -0.05) is 20.8 Å². The van der Waals surface area contributed by atoms with Crippen molar-refractivity contribution in [2.24, 2.45) is 5.41 Å². The number of cyclic esters (lactones) is 1. The van der Waals surface area contributed by atoms with E-state index in [0.717, 1.165) is 13.0 Å². The Morgan fingerprint density at radius 2 is 2.07 bits per heavy atom. The number of ether oxygens (including phenoxy) is 1. The SMILES string of the molecule is CC1CCN(C(C)C(C)(C)C)C(=O)O1. The number of amides is 1. The van der Waals surface area contributed by atoms with E-state index in [0.29, 0.717) is 0 Å². The molecule has 0 spiro atoms. The Balaban J connectivity index is 2.65. The summed E-state index contributed by atoms with van der Waals surface area (Å²) >= 11 is 0. The normalized spacial score (nSPS) is 25.9. The van der Waals surface area contributed by atoms with Crippen LogP contribution in [-0.4, -0.2) is 29.7 Å². The molecule has 1 aliphatic rings. The highest BCUT2D eigenvalue weighted by molar-refractivity contribution is 5.69. The van der Waals surface area contributed by atoms with Gasteiger partial charge in [-0.2, -0.15) is 0 Å². The lowest BCUT2D eigenvalue weighted by Gasteiger charge is -2.40. The molecule has 0 N–H and O–H groups in total. The molecular formula is C11H21NO2. The van der Waals surface area contributed by atoms with E-state index in [1.807, 2.05) is 11.8 Å². The number of hydrogen-bond donors (Lipinski definition) is 0. The standard InChI is InChI=1S/C11H21NO2/c1-8-6-7-12(10(13)14-8)9(2)11(3,4)5/h8-9H,6-7H2,1-5H3. The minimum Gasteiger partial charge on any atom is -0.446 e. The predicted octanol–water partition coefficient (Wildman–Crippen LogP) is 2.65. The number of carbonyl (C=O) groups is 1. The zero-order valence-electron chi connectivity index (χ0n) is 9.83. The van der Waals surface area contributed by atoms with Gasteiger partial charge in [-0.3, -0.25) is 0 Å². The quantitative estimate of drug-likeness (QED) is 0.649. The summed E-state index contributed by atoms with van der Waals surface area (Å²) in [6.45, 7) is 11.3. The largest absolute Gasteiger partial charge is 0.446 e. The summed E-state index contributed by atoms with van der Waals surface area (Å²) in [6.07, 6.45) is 0.851. The lowest BCUT2D eigenvalue weighted by Crippen LogP contribution is -2.50. The van der Waals surface area contributed by atoms with Crippen LogP contribution >= 0.6 is 0 Å². The van der Waals surface area contributed by atoms with Crippen LogP contribution in [0.5, 0.6) is 0 Å². The van der Waals surface area contributed by atoms with Crippen LogP contribution in [-0.2, 0) is 4.74 Å². The van der Waals surface area contributed by atoms with Crippen LogP contribution in [0.2, 0.25) is 0 Å². The second kappa shape index (κ2) is 3.79. The number of nitrogens with zero attached hydrogens (tertiary/aromatic N) is 1. The zero-order chi connectivity index (χ0) is 10.9. The fraction of sp³-hybridized carbons (Fsp3) is 0.909. The van der Waals surface area contributed by atoms with Crippen molar-refractivity contribution in [1.82, 2.24) is 4.90 Å². The molecule has 82 valence electrons. The third kappa shape index (κ3) is 2.40. The lowest BCUT2D eigenvalue weighted by molar-refractivity contribution is 0.00293. The first-order valence-corrected chi connectivity index (χ1v) is 5.29. The van der Waals surface area contributed by atoms with E-state index < -0.39 is 0 Å². The minimum atomic E-state index is -0.161. The number of hydrogen-bond acceptors (Lipinski definition) is 2. The van der Waals surface area contributed by atoms with Crippen molar-refractivity contribution in [2.45, 2.75) is 53.2 Å². The first-order valence-electron chi connectivity index (χ1n) is 5.29. The van der Waals surface area contributed by atoms with Crippen LogP contribution in [0.1, 0.15) is 41.0 Å². The Labute approximate surface area is 86.4 Å². The summed E-state index contributed by atoms with van der Waals surface area (Å²) in [5.41, 5.74) is 0.111. The topological polar surface area (TPSA) is 29.5 Å². The second-order valence-corrected chi connectivity index (χ2v) is 5.22. The summed E-state index contributed by atoms with van der Waals surface area (Å²) in [6, 6.07) is 0.225. The average Bonchev–Trinajstić information content (AvgIpc) is 2.01. The number of rotatable bonds is 1. The maximum absolute atomic E-state index is 11.6. The van der Waals surface area contributed by atoms with Crippen molar-refractivity contribution in [2.75, 3.05) is 6.54 Å². The molecule has 0 aromatic carbocycles. The van der Waals surface area contributed by atoms with Gasteiger partial charge in [0.25, 0.3) is 0 Å². The molecule has 1 fully saturated rings.